The highest BCUT2D eigenvalue weighted by Crippen LogP contribution is 2.37. The van der Waals surface area contributed by atoms with Gasteiger partial charge in [0.1, 0.15) is 11.6 Å². The molecule has 0 aliphatic carbocycles. The van der Waals surface area contributed by atoms with Crippen LogP contribution in [0.5, 0.6) is 0 Å². The summed E-state index contributed by atoms with van der Waals surface area (Å²) in [5.41, 5.74) is 1.05. The summed E-state index contributed by atoms with van der Waals surface area (Å²) >= 11 is 0. The van der Waals surface area contributed by atoms with Crippen LogP contribution >= 0.6 is 0 Å². The summed E-state index contributed by atoms with van der Waals surface area (Å²) in [7, 11) is 2.78. The average molecular weight is 244 g/mol. The topological polar surface area (TPSA) is 29.3 Å². The maximum Gasteiger partial charge on any atom is 0.408 e. The zero-order valence-electron chi connectivity index (χ0n) is 9.32. The largest absolute Gasteiger partial charge is 0.443 e. The Bertz CT molecular complexity index is 519. The molecule has 0 radical (unpaired) electrons. The van der Waals surface area contributed by atoms with Crippen molar-refractivity contribution in [3.8, 4) is 0 Å². The van der Waals surface area contributed by atoms with Gasteiger partial charge in [-0.2, -0.15) is 13.2 Å². The van der Waals surface area contributed by atoms with Gasteiger partial charge in [0.2, 0.25) is 0 Å². The zero-order valence-corrected chi connectivity index (χ0v) is 9.32. The molecule has 1 heterocycles. The van der Waals surface area contributed by atoms with E-state index in [2.05, 4.69) is 4.98 Å². The highest BCUT2D eigenvalue weighted by atomic mass is 19.4. The normalized spacial score (nSPS) is 14.5. The molecule has 0 fully saturated rings. The van der Waals surface area contributed by atoms with E-state index in [9.17, 15) is 13.2 Å². The van der Waals surface area contributed by atoms with Crippen LogP contribution in [0.3, 0.4) is 0 Å². The third-order valence-electron chi connectivity index (χ3n) is 2.50. The van der Waals surface area contributed by atoms with Crippen molar-refractivity contribution in [2.24, 2.45) is 0 Å². The molecule has 17 heavy (non-hydrogen) atoms. The van der Waals surface area contributed by atoms with Gasteiger partial charge in [-0.3, -0.25) is 4.90 Å². The van der Waals surface area contributed by atoms with Crippen molar-refractivity contribution < 1.29 is 17.6 Å². The second-order valence-electron chi connectivity index (χ2n) is 3.99. The fourth-order valence-electron chi connectivity index (χ4n) is 1.82. The quantitative estimate of drug-likeness (QED) is 0.813. The molecule has 1 unspecified atom stereocenters. The third-order valence-corrected chi connectivity index (χ3v) is 2.50. The lowest BCUT2D eigenvalue weighted by atomic mass is 10.1. The van der Waals surface area contributed by atoms with Crippen molar-refractivity contribution in [2.75, 3.05) is 14.1 Å². The monoisotopic (exact) mass is 244 g/mol. The summed E-state index contributed by atoms with van der Waals surface area (Å²) < 4.78 is 43.7. The lowest BCUT2D eigenvalue weighted by molar-refractivity contribution is -0.179. The molecule has 3 nitrogen and oxygen atoms in total. The van der Waals surface area contributed by atoms with Gasteiger partial charge in [-0.05, 0) is 31.8 Å². The van der Waals surface area contributed by atoms with Crippen LogP contribution in [0.1, 0.15) is 11.6 Å². The van der Waals surface area contributed by atoms with Crippen LogP contribution in [-0.2, 0) is 0 Å². The minimum absolute atomic E-state index is 0.145. The van der Waals surface area contributed by atoms with E-state index in [4.69, 9.17) is 4.42 Å². The standard InChI is InChI=1S/C11H11F3N2O/c1-16(2)10(11(12,13)14)7-3-4-8-9(5-7)17-6-15-8/h3-6,10H,1-2H3. The van der Waals surface area contributed by atoms with Crippen LogP contribution in [0.2, 0.25) is 0 Å². The smallest absolute Gasteiger partial charge is 0.408 e. The van der Waals surface area contributed by atoms with Gasteiger partial charge in [-0.15, -0.1) is 0 Å². The molecule has 0 aliphatic rings. The number of rotatable bonds is 2. The zero-order chi connectivity index (χ0) is 12.6. The summed E-state index contributed by atoms with van der Waals surface area (Å²) in [5, 5.41) is 0. The molecule has 1 aromatic carbocycles. The van der Waals surface area contributed by atoms with E-state index in [0.717, 1.165) is 4.90 Å². The van der Waals surface area contributed by atoms with Crippen molar-refractivity contribution in [1.29, 1.82) is 0 Å². The van der Waals surface area contributed by atoms with Gasteiger partial charge in [-0.1, -0.05) is 6.07 Å². The first-order valence-corrected chi connectivity index (χ1v) is 4.96. The highest BCUT2D eigenvalue weighted by Gasteiger charge is 2.42. The highest BCUT2D eigenvalue weighted by molar-refractivity contribution is 5.72. The molecule has 0 saturated carbocycles. The van der Waals surface area contributed by atoms with E-state index >= 15 is 0 Å². The van der Waals surface area contributed by atoms with Crippen LogP contribution in [0.15, 0.2) is 29.0 Å². The molecule has 0 N–H and O–H groups in total. The predicted molar refractivity (Wildman–Crippen MR) is 56.5 cm³/mol. The van der Waals surface area contributed by atoms with Gasteiger partial charge < -0.3 is 4.42 Å². The van der Waals surface area contributed by atoms with Crippen molar-refractivity contribution in [1.82, 2.24) is 9.88 Å². The molecule has 1 atom stereocenters. The van der Waals surface area contributed by atoms with E-state index in [1.54, 1.807) is 0 Å². The fourth-order valence-corrected chi connectivity index (χ4v) is 1.82. The summed E-state index contributed by atoms with van der Waals surface area (Å²) in [4.78, 5) is 4.99. The Morgan fingerprint density at radius 3 is 2.59 bits per heavy atom. The average Bonchev–Trinajstić information content (AvgIpc) is 2.61. The molecular weight excluding hydrogens is 233 g/mol. The molecule has 2 aromatic rings. The Balaban J connectivity index is 2.48. The van der Waals surface area contributed by atoms with E-state index in [1.807, 2.05) is 0 Å². The van der Waals surface area contributed by atoms with Crippen LogP contribution in [0.4, 0.5) is 13.2 Å². The van der Waals surface area contributed by atoms with E-state index in [1.165, 1.54) is 38.7 Å². The van der Waals surface area contributed by atoms with Crippen molar-refractivity contribution >= 4 is 11.1 Å². The van der Waals surface area contributed by atoms with Gasteiger partial charge in [0, 0.05) is 0 Å². The summed E-state index contributed by atoms with van der Waals surface area (Å²) in [6.45, 7) is 0. The summed E-state index contributed by atoms with van der Waals surface area (Å²) in [5.74, 6) is 0. The number of benzene rings is 1. The van der Waals surface area contributed by atoms with Crippen LogP contribution in [-0.4, -0.2) is 30.2 Å². The second kappa shape index (κ2) is 4.03. The van der Waals surface area contributed by atoms with E-state index < -0.39 is 12.2 Å². The second-order valence-corrected chi connectivity index (χ2v) is 3.99. The van der Waals surface area contributed by atoms with Crippen LogP contribution in [0, 0.1) is 0 Å². The minimum atomic E-state index is -4.32. The maximum atomic E-state index is 12.9. The Hall–Kier alpha value is -1.56. The maximum absolute atomic E-state index is 12.9. The first-order valence-electron chi connectivity index (χ1n) is 4.96. The first kappa shape index (κ1) is 11.9. The number of halogens is 3. The van der Waals surface area contributed by atoms with Crippen LogP contribution < -0.4 is 0 Å². The molecule has 0 aliphatic heterocycles. The number of nitrogens with zero attached hydrogens (tertiary/aromatic N) is 2. The van der Waals surface area contributed by atoms with Gasteiger partial charge in [-0.25, -0.2) is 4.98 Å². The lowest BCUT2D eigenvalue weighted by Crippen LogP contribution is -2.33. The summed E-state index contributed by atoms with van der Waals surface area (Å²) in [6.07, 6.45) is -3.11. The fraction of sp³-hybridized carbons (Fsp3) is 0.364. The SMILES string of the molecule is CN(C)C(c1ccc2ncoc2c1)C(F)(F)F. The lowest BCUT2D eigenvalue weighted by Gasteiger charge is -2.26. The molecule has 0 saturated heterocycles. The van der Waals surface area contributed by atoms with Crippen LogP contribution in [0.25, 0.3) is 11.1 Å². The Morgan fingerprint density at radius 2 is 2.00 bits per heavy atom. The van der Waals surface area contributed by atoms with Crippen molar-refractivity contribution in [3.05, 3.63) is 30.2 Å². The molecule has 0 amide bonds. The first-order chi connectivity index (χ1) is 7.89. The third kappa shape index (κ3) is 2.26. The molecular formula is C11H11F3N2O. The van der Waals surface area contributed by atoms with Gasteiger partial charge >= 0.3 is 6.18 Å². The number of hydrogen-bond acceptors (Lipinski definition) is 3. The molecule has 2 rings (SSSR count). The van der Waals surface area contributed by atoms with Crippen molar-refractivity contribution in [3.63, 3.8) is 0 Å². The number of oxazole rings is 1. The number of aromatic nitrogens is 1. The Kier molecular flexibility index (Phi) is 2.82. The molecule has 92 valence electrons. The van der Waals surface area contributed by atoms with Gasteiger partial charge in [0.25, 0.3) is 0 Å². The number of alkyl halides is 3. The molecule has 6 heteroatoms. The van der Waals surface area contributed by atoms with E-state index in [-0.39, 0.29) is 5.56 Å². The van der Waals surface area contributed by atoms with E-state index in [0.29, 0.717) is 11.1 Å². The molecule has 1 aromatic heterocycles. The molecule has 0 bridgehead atoms. The minimum Gasteiger partial charge on any atom is -0.443 e. The Labute approximate surface area is 95.8 Å². The summed E-state index contributed by atoms with van der Waals surface area (Å²) in [6, 6.07) is 2.68. The number of fused-ring (bicyclic) bond motifs is 1. The van der Waals surface area contributed by atoms with Gasteiger partial charge in [0.05, 0.1) is 0 Å². The van der Waals surface area contributed by atoms with Crippen molar-refractivity contribution in [2.45, 2.75) is 12.2 Å². The Morgan fingerprint density at radius 1 is 1.29 bits per heavy atom. The number of hydrogen-bond donors (Lipinski definition) is 0. The predicted octanol–water partition coefficient (Wildman–Crippen LogP) is 2.99. The van der Waals surface area contributed by atoms with Gasteiger partial charge in [0.15, 0.2) is 12.0 Å². The molecule has 0 spiro atoms.